The van der Waals surface area contributed by atoms with E-state index in [1.54, 1.807) is 7.05 Å². The van der Waals surface area contributed by atoms with Crippen LogP contribution in [0.25, 0.3) is 0 Å². The monoisotopic (exact) mass is 366 g/mol. The highest BCUT2D eigenvalue weighted by Crippen LogP contribution is 2.15. The minimum absolute atomic E-state index is 0.334. The molecule has 0 saturated carbocycles. The highest BCUT2D eigenvalue weighted by atomic mass is 127. The van der Waals surface area contributed by atoms with Crippen molar-refractivity contribution >= 4 is 28.7 Å². The quantitative estimate of drug-likeness (QED) is 0.597. The zero-order valence-electron chi connectivity index (χ0n) is 10.8. The van der Waals surface area contributed by atoms with Crippen LogP contribution in [0.4, 0.5) is 9.18 Å². The van der Waals surface area contributed by atoms with Crippen LogP contribution in [0.2, 0.25) is 0 Å². The SMILES string of the molecule is CN(Cc1cnc(F)cc1I)C(=O)OC(C)(C)C. The van der Waals surface area contributed by atoms with E-state index in [4.69, 9.17) is 4.74 Å². The fourth-order valence-corrected chi connectivity index (χ4v) is 1.78. The Morgan fingerprint density at radius 2 is 2.17 bits per heavy atom. The number of hydrogen-bond donors (Lipinski definition) is 0. The smallest absolute Gasteiger partial charge is 0.410 e. The van der Waals surface area contributed by atoms with E-state index in [-0.39, 0.29) is 0 Å². The Morgan fingerprint density at radius 1 is 1.56 bits per heavy atom. The van der Waals surface area contributed by atoms with Gasteiger partial charge in [-0.2, -0.15) is 4.39 Å². The summed E-state index contributed by atoms with van der Waals surface area (Å²) < 4.78 is 18.8. The molecule has 6 heteroatoms. The molecule has 0 saturated heterocycles. The van der Waals surface area contributed by atoms with E-state index in [9.17, 15) is 9.18 Å². The number of nitrogens with zero attached hydrogens (tertiary/aromatic N) is 2. The lowest BCUT2D eigenvalue weighted by Gasteiger charge is -2.24. The van der Waals surface area contributed by atoms with E-state index >= 15 is 0 Å². The summed E-state index contributed by atoms with van der Waals surface area (Å²) in [6, 6.07) is 1.33. The van der Waals surface area contributed by atoms with Crippen molar-refractivity contribution in [1.82, 2.24) is 9.88 Å². The molecule has 0 aliphatic heterocycles. The summed E-state index contributed by atoms with van der Waals surface area (Å²) in [5, 5.41) is 0. The molecule has 1 aromatic rings. The van der Waals surface area contributed by atoms with Crippen molar-refractivity contribution in [3.8, 4) is 0 Å². The Hall–Kier alpha value is -0.920. The van der Waals surface area contributed by atoms with Gasteiger partial charge in [-0.1, -0.05) is 0 Å². The molecule has 4 nitrogen and oxygen atoms in total. The Labute approximate surface area is 120 Å². The molecule has 0 fully saturated rings. The van der Waals surface area contributed by atoms with Crippen LogP contribution >= 0.6 is 22.6 Å². The van der Waals surface area contributed by atoms with Gasteiger partial charge in [0.2, 0.25) is 5.95 Å². The molecule has 0 spiro atoms. The summed E-state index contributed by atoms with van der Waals surface area (Å²) in [4.78, 5) is 16.8. The summed E-state index contributed by atoms with van der Waals surface area (Å²) in [5.74, 6) is -0.525. The standard InChI is InChI=1S/C12H16FIN2O2/c1-12(2,3)18-11(17)16(4)7-8-6-15-10(13)5-9(8)14/h5-6H,7H2,1-4H3. The molecule has 1 rings (SSSR count). The van der Waals surface area contributed by atoms with Crippen molar-refractivity contribution in [2.24, 2.45) is 0 Å². The van der Waals surface area contributed by atoms with Crippen molar-refractivity contribution in [1.29, 1.82) is 0 Å². The topological polar surface area (TPSA) is 42.4 Å². The Balaban J connectivity index is 2.69. The number of rotatable bonds is 2. The first-order valence-electron chi connectivity index (χ1n) is 5.43. The lowest BCUT2D eigenvalue weighted by molar-refractivity contribution is 0.0284. The molecular formula is C12H16FIN2O2. The summed E-state index contributed by atoms with van der Waals surface area (Å²) in [5.41, 5.74) is 0.255. The van der Waals surface area contributed by atoms with E-state index in [0.29, 0.717) is 6.54 Å². The zero-order chi connectivity index (χ0) is 13.9. The maximum Gasteiger partial charge on any atom is 0.410 e. The van der Waals surface area contributed by atoms with Gasteiger partial charge in [0, 0.05) is 28.4 Å². The fourth-order valence-electron chi connectivity index (χ4n) is 1.21. The zero-order valence-corrected chi connectivity index (χ0v) is 13.0. The third kappa shape index (κ3) is 4.75. The summed E-state index contributed by atoms with van der Waals surface area (Å²) in [6.45, 7) is 5.76. The third-order valence-corrected chi connectivity index (χ3v) is 3.01. The number of hydrogen-bond acceptors (Lipinski definition) is 3. The maximum absolute atomic E-state index is 12.8. The van der Waals surface area contributed by atoms with Gasteiger partial charge < -0.3 is 9.64 Å². The van der Waals surface area contributed by atoms with Gasteiger partial charge in [-0.15, -0.1) is 0 Å². The highest BCUT2D eigenvalue weighted by Gasteiger charge is 2.20. The first-order chi connectivity index (χ1) is 8.19. The normalized spacial score (nSPS) is 11.2. The van der Waals surface area contributed by atoms with E-state index in [0.717, 1.165) is 9.13 Å². The van der Waals surface area contributed by atoms with Crippen LogP contribution in [0, 0.1) is 9.52 Å². The number of carbonyl (C=O) groups excluding carboxylic acids is 1. The van der Waals surface area contributed by atoms with Crippen LogP contribution < -0.4 is 0 Å². The molecule has 1 amide bonds. The molecule has 0 unspecified atom stereocenters. The van der Waals surface area contributed by atoms with Crippen molar-refractivity contribution in [2.45, 2.75) is 32.9 Å². The van der Waals surface area contributed by atoms with Crippen LogP contribution in [0.5, 0.6) is 0 Å². The van der Waals surface area contributed by atoms with Crippen LogP contribution in [0.3, 0.4) is 0 Å². The van der Waals surface area contributed by atoms with E-state index in [2.05, 4.69) is 4.98 Å². The van der Waals surface area contributed by atoms with Crippen LogP contribution in [-0.2, 0) is 11.3 Å². The third-order valence-electron chi connectivity index (χ3n) is 2.01. The van der Waals surface area contributed by atoms with Gasteiger partial charge >= 0.3 is 6.09 Å². The van der Waals surface area contributed by atoms with Crippen LogP contribution in [-0.4, -0.2) is 28.6 Å². The van der Waals surface area contributed by atoms with Crippen LogP contribution in [0.1, 0.15) is 26.3 Å². The van der Waals surface area contributed by atoms with E-state index in [1.165, 1.54) is 17.2 Å². The van der Waals surface area contributed by atoms with Crippen molar-refractivity contribution in [3.05, 3.63) is 27.3 Å². The molecule has 0 bridgehead atoms. The minimum Gasteiger partial charge on any atom is -0.444 e. The second-order valence-electron chi connectivity index (χ2n) is 4.93. The summed E-state index contributed by atoms with van der Waals surface area (Å²) in [7, 11) is 1.63. The molecule has 0 radical (unpaired) electrons. The predicted molar refractivity (Wildman–Crippen MR) is 74.6 cm³/mol. The average molecular weight is 366 g/mol. The molecule has 0 atom stereocenters. The minimum atomic E-state index is -0.528. The van der Waals surface area contributed by atoms with Gasteiger partial charge in [0.25, 0.3) is 0 Å². The van der Waals surface area contributed by atoms with Gasteiger partial charge in [-0.05, 0) is 43.4 Å². The average Bonchev–Trinajstić information content (AvgIpc) is 2.19. The van der Waals surface area contributed by atoms with Gasteiger partial charge in [-0.25, -0.2) is 9.78 Å². The summed E-state index contributed by atoms with van der Waals surface area (Å²) in [6.07, 6.45) is 1.01. The largest absolute Gasteiger partial charge is 0.444 e. The Morgan fingerprint density at radius 3 is 2.67 bits per heavy atom. The molecule has 1 aromatic heterocycles. The molecule has 0 aromatic carbocycles. The van der Waals surface area contributed by atoms with Gasteiger partial charge in [0.05, 0.1) is 6.54 Å². The van der Waals surface area contributed by atoms with Gasteiger partial charge in [0.1, 0.15) is 5.60 Å². The number of amides is 1. The second kappa shape index (κ2) is 5.81. The van der Waals surface area contributed by atoms with E-state index in [1.807, 2.05) is 43.4 Å². The molecule has 0 aliphatic carbocycles. The van der Waals surface area contributed by atoms with Gasteiger partial charge in [0.15, 0.2) is 0 Å². The number of aromatic nitrogens is 1. The lowest BCUT2D eigenvalue weighted by atomic mass is 10.2. The summed E-state index contributed by atoms with van der Waals surface area (Å²) >= 11 is 2.01. The molecular weight excluding hydrogens is 350 g/mol. The first-order valence-corrected chi connectivity index (χ1v) is 6.51. The fraction of sp³-hybridized carbons (Fsp3) is 0.500. The molecule has 0 N–H and O–H groups in total. The Bertz CT molecular complexity index is 446. The highest BCUT2D eigenvalue weighted by molar-refractivity contribution is 14.1. The van der Waals surface area contributed by atoms with Crippen LogP contribution in [0.15, 0.2) is 12.3 Å². The number of halogens is 2. The maximum atomic E-state index is 12.8. The molecule has 18 heavy (non-hydrogen) atoms. The second-order valence-corrected chi connectivity index (χ2v) is 6.10. The predicted octanol–water partition coefficient (Wildman–Crippen LogP) is 3.19. The molecule has 100 valence electrons. The van der Waals surface area contributed by atoms with Crippen molar-refractivity contribution in [3.63, 3.8) is 0 Å². The lowest BCUT2D eigenvalue weighted by Crippen LogP contribution is -2.34. The number of carbonyl (C=O) groups is 1. The molecule has 0 aliphatic rings. The van der Waals surface area contributed by atoms with Gasteiger partial charge in [-0.3, -0.25) is 0 Å². The van der Waals surface area contributed by atoms with Crippen molar-refractivity contribution in [2.75, 3.05) is 7.05 Å². The number of ether oxygens (including phenoxy) is 1. The van der Waals surface area contributed by atoms with Crippen molar-refractivity contribution < 1.29 is 13.9 Å². The van der Waals surface area contributed by atoms with E-state index < -0.39 is 17.6 Å². The molecule has 1 heterocycles. The Kier molecular flexibility index (Phi) is 4.89. The first kappa shape index (κ1) is 15.1. The number of pyridine rings is 1.